The van der Waals surface area contributed by atoms with Crippen molar-refractivity contribution in [2.24, 2.45) is 0 Å². The summed E-state index contributed by atoms with van der Waals surface area (Å²) in [6.07, 6.45) is -7.49. The molecule has 2 aromatic heterocycles. The van der Waals surface area contributed by atoms with E-state index in [0.717, 1.165) is 23.3 Å². The molecule has 4 aromatic carbocycles. The highest BCUT2D eigenvalue weighted by atomic mass is 19.4. The number of aromatic nitrogens is 6. The largest absolute Gasteiger partial charge is 0.416 e. The minimum absolute atomic E-state index is 0.0931. The third-order valence-corrected chi connectivity index (χ3v) is 15.3. The van der Waals surface area contributed by atoms with Crippen LogP contribution in [0.25, 0.3) is 0 Å². The number of ether oxygens (including phenoxy) is 2. The zero-order valence-corrected chi connectivity index (χ0v) is 40.8. The molecular formula is C53H59F9N6O5. The number of H-pyrrole nitrogens is 2. The van der Waals surface area contributed by atoms with E-state index in [2.05, 4.69) is 20.4 Å². The number of alkyl halides is 9. The van der Waals surface area contributed by atoms with Crippen LogP contribution in [-0.2, 0) is 49.9 Å². The lowest BCUT2D eigenvalue weighted by Crippen LogP contribution is -2.50. The highest BCUT2D eigenvalue weighted by molar-refractivity contribution is 5.36. The minimum Gasteiger partial charge on any atom is -0.394 e. The molecule has 2 aliphatic carbocycles. The van der Waals surface area contributed by atoms with E-state index in [1.165, 1.54) is 24.1 Å². The summed E-state index contributed by atoms with van der Waals surface area (Å²) >= 11 is 0. The topological polar surface area (TPSA) is 140 Å². The molecule has 11 nitrogen and oxygen atoms in total. The van der Waals surface area contributed by atoms with Crippen LogP contribution in [0.4, 0.5) is 39.5 Å². The Bertz CT molecular complexity index is 2840. The monoisotopic (exact) mass is 1030 g/mol. The maximum atomic E-state index is 13.4. The fourth-order valence-corrected chi connectivity index (χ4v) is 10.6. The van der Waals surface area contributed by atoms with Crippen molar-refractivity contribution < 1.29 is 54.1 Å². The van der Waals surface area contributed by atoms with Crippen LogP contribution in [0.15, 0.2) is 119 Å². The predicted octanol–water partition coefficient (Wildman–Crippen LogP) is 11.9. The van der Waals surface area contributed by atoms with Gasteiger partial charge in [0, 0.05) is 10.8 Å². The maximum Gasteiger partial charge on any atom is 0.416 e. The van der Waals surface area contributed by atoms with Gasteiger partial charge in [-0.2, -0.15) is 49.7 Å². The first-order chi connectivity index (χ1) is 34.4. The second kappa shape index (κ2) is 21.5. The quantitative estimate of drug-likeness (QED) is 0.0923. The number of aliphatic hydroxyl groups excluding tert-OH is 1. The molecule has 2 saturated carbocycles. The summed E-state index contributed by atoms with van der Waals surface area (Å²) in [6.45, 7) is 7.06. The first-order valence-corrected chi connectivity index (χ1v) is 24.1. The first-order valence-electron chi connectivity index (χ1n) is 24.1. The Labute approximate surface area is 415 Å². The van der Waals surface area contributed by atoms with Gasteiger partial charge in [0.25, 0.3) is 0 Å². The fraction of sp³-hybridized carbons (Fsp3) is 0.472. The number of halogens is 9. The van der Waals surface area contributed by atoms with Gasteiger partial charge in [0.1, 0.15) is 12.7 Å². The van der Waals surface area contributed by atoms with Gasteiger partial charge in [-0.15, -0.1) is 0 Å². The van der Waals surface area contributed by atoms with Crippen LogP contribution >= 0.6 is 0 Å². The molecule has 0 saturated heterocycles. The molecule has 3 N–H and O–H groups in total. The third kappa shape index (κ3) is 12.0. The van der Waals surface area contributed by atoms with Crippen LogP contribution in [-0.4, -0.2) is 54.5 Å². The highest BCUT2D eigenvalue weighted by Crippen LogP contribution is 2.49. The Morgan fingerprint density at radius 3 is 1.30 bits per heavy atom. The number of aromatic amines is 2. The molecule has 2 aliphatic rings. The summed E-state index contributed by atoms with van der Waals surface area (Å²) < 4.78 is 136. The molecule has 0 bridgehead atoms. The van der Waals surface area contributed by atoms with Crippen LogP contribution in [0, 0.1) is 6.92 Å². The van der Waals surface area contributed by atoms with E-state index < -0.39 is 69.3 Å². The molecule has 394 valence electrons. The van der Waals surface area contributed by atoms with Crippen LogP contribution < -0.4 is 11.4 Å². The summed E-state index contributed by atoms with van der Waals surface area (Å²) in [4.78, 5) is 24.6. The number of benzene rings is 4. The van der Waals surface area contributed by atoms with Gasteiger partial charge in [-0.3, -0.25) is 9.13 Å². The van der Waals surface area contributed by atoms with E-state index in [9.17, 15) is 54.2 Å². The molecule has 20 heteroatoms. The van der Waals surface area contributed by atoms with Crippen molar-refractivity contribution in [3.8, 4) is 0 Å². The molecule has 6 aromatic rings. The second-order valence-corrected chi connectivity index (χ2v) is 19.7. The number of nitrogens with one attached hydrogen (secondary N) is 2. The number of aryl methyl sites for hydroxylation is 1. The summed E-state index contributed by atoms with van der Waals surface area (Å²) in [7, 11) is 0. The number of hydrogen-bond acceptors (Lipinski definition) is 7. The second-order valence-electron chi connectivity index (χ2n) is 19.7. The molecule has 0 spiro atoms. The van der Waals surface area contributed by atoms with Gasteiger partial charge >= 0.3 is 29.9 Å². The Hall–Kier alpha value is -5.99. The van der Waals surface area contributed by atoms with Crippen molar-refractivity contribution in [3.05, 3.63) is 175 Å². The zero-order valence-electron chi connectivity index (χ0n) is 40.8. The molecule has 73 heavy (non-hydrogen) atoms. The average Bonchev–Trinajstić information content (AvgIpc) is 4.03. The van der Waals surface area contributed by atoms with Crippen molar-refractivity contribution >= 4 is 0 Å². The maximum absolute atomic E-state index is 13.4. The molecule has 2 fully saturated rings. The predicted molar refractivity (Wildman–Crippen MR) is 254 cm³/mol. The molecule has 0 amide bonds. The van der Waals surface area contributed by atoms with E-state index in [0.29, 0.717) is 87.7 Å². The van der Waals surface area contributed by atoms with Gasteiger partial charge in [0.05, 0.1) is 59.8 Å². The van der Waals surface area contributed by atoms with Crippen LogP contribution in [0.1, 0.15) is 135 Å². The molecule has 0 unspecified atom stereocenters. The lowest BCUT2D eigenvalue weighted by Gasteiger charge is -2.47. The lowest BCUT2D eigenvalue weighted by molar-refractivity contribution is -0.143. The standard InChI is InChI=1S/C27H29F6N3O2.C26H30F3N3O3/c1-3-25(36-17-34-35-23(36)37)11-9-24(10-12-25,20-7-5-4-6-8-20)16-38-18(2)19-13-21(26(28,29)30)15-22(14-19)27(31,32)33;1-18-12-20(14-22(13-18)26(27,28)29)19(2)35-16-24(21-6-4-3-5-7-21)8-10-25(15-33,11-9-24)32-17-30-31-23(32)34/h4-8,13-15,17-18H,3,9-12,16H2,1-2H3,(H,35,37);3-7,12-14,17,19,33H,8-11,15-16H2,1-2H3,(H,31,34)/t18-,24?,25?;19-,24?,25?/m11/s1. The van der Waals surface area contributed by atoms with Crippen molar-refractivity contribution in [2.75, 3.05) is 19.8 Å². The molecule has 2 heterocycles. The molecule has 0 aliphatic heterocycles. The Morgan fingerprint density at radius 2 is 0.945 bits per heavy atom. The molecule has 8 rings (SSSR count). The van der Waals surface area contributed by atoms with E-state index >= 15 is 0 Å². The summed E-state index contributed by atoms with van der Waals surface area (Å²) in [5.74, 6) is 0. The number of rotatable bonds is 14. The van der Waals surface area contributed by atoms with Gasteiger partial charge < -0.3 is 14.6 Å². The fourth-order valence-electron chi connectivity index (χ4n) is 10.6. The van der Waals surface area contributed by atoms with Gasteiger partial charge in [-0.25, -0.2) is 19.8 Å². The zero-order chi connectivity index (χ0) is 53.0. The molecule has 0 radical (unpaired) electrons. The Morgan fingerprint density at radius 1 is 0.575 bits per heavy atom. The van der Waals surface area contributed by atoms with E-state index in [1.54, 1.807) is 24.5 Å². The summed E-state index contributed by atoms with van der Waals surface area (Å²) in [5.41, 5.74) is -3.38. The van der Waals surface area contributed by atoms with Crippen molar-refractivity contribution in [1.29, 1.82) is 0 Å². The normalized spacial score (nSPS) is 23.6. The SMILES string of the molecule is CCC1(n2cn[nH]c2=O)CCC(CO[C@H](C)c2cc(C(F)(F)F)cc(C(F)(F)F)c2)(c2ccccc2)CC1.Cc1cc([C@@H](C)OCC2(c3ccccc3)CCC(CO)(n3cn[nH]c3=O)CC2)cc(C(F)(F)F)c1. The van der Waals surface area contributed by atoms with Gasteiger partial charge in [-0.05, 0) is 131 Å². The smallest absolute Gasteiger partial charge is 0.394 e. The van der Waals surface area contributed by atoms with Crippen LogP contribution in [0.3, 0.4) is 0 Å². The highest BCUT2D eigenvalue weighted by Gasteiger charge is 2.47. The summed E-state index contributed by atoms with van der Waals surface area (Å²) in [5, 5.41) is 22.8. The minimum atomic E-state index is -4.93. The van der Waals surface area contributed by atoms with Gasteiger partial charge in [0.2, 0.25) is 0 Å². The molecule has 2 atom stereocenters. The van der Waals surface area contributed by atoms with Gasteiger partial charge in [-0.1, -0.05) is 79.2 Å². The van der Waals surface area contributed by atoms with E-state index in [1.807, 2.05) is 67.6 Å². The van der Waals surface area contributed by atoms with Crippen molar-refractivity contribution in [1.82, 2.24) is 29.5 Å². The van der Waals surface area contributed by atoms with Crippen LogP contribution in [0.5, 0.6) is 0 Å². The lowest BCUT2D eigenvalue weighted by atomic mass is 9.63. The van der Waals surface area contributed by atoms with Crippen molar-refractivity contribution in [3.63, 3.8) is 0 Å². The third-order valence-electron chi connectivity index (χ3n) is 15.3. The number of aliphatic hydroxyl groups is 1. The Balaban J connectivity index is 0.000000214. The van der Waals surface area contributed by atoms with E-state index in [-0.39, 0.29) is 36.2 Å². The van der Waals surface area contributed by atoms with Gasteiger partial charge in [0.15, 0.2) is 0 Å². The average molecular weight is 1030 g/mol. The molecular weight excluding hydrogens is 972 g/mol. The van der Waals surface area contributed by atoms with Crippen LogP contribution in [0.2, 0.25) is 0 Å². The first kappa shape index (κ1) is 54.8. The Kier molecular flexibility index (Phi) is 16.1. The number of hydrogen-bond donors (Lipinski definition) is 3. The van der Waals surface area contributed by atoms with Crippen molar-refractivity contribution in [2.45, 2.75) is 138 Å². The summed E-state index contributed by atoms with van der Waals surface area (Å²) in [6, 6.07) is 24.9. The van der Waals surface area contributed by atoms with E-state index in [4.69, 9.17) is 9.47 Å². The number of nitrogens with zero attached hydrogens (tertiary/aromatic N) is 4.